The first-order chi connectivity index (χ1) is 15.0. The SMILES string of the molecule is Cn1ncc(-c2c(C#N)cc(N)cc2NC(=O)c2cscn2)c1N1CCC(CN)CC1. The van der Waals surface area contributed by atoms with Crippen LogP contribution in [0, 0.1) is 17.2 Å². The van der Waals surface area contributed by atoms with Crippen molar-refractivity contribution < 1.29 is 4.79 Å². The number of hydrogen-bond acceptors (Lipinski definition) is 8. The molecular weight excluding hydrogens is 412 g/mol. The summed E-state index contributed by atoms with van der Waals surface area (Å²) in [5, 5.41) is 18.9. The van der Waals surface area contributed by atoms with Gasteiger partial charge in [0.2, 0.25) is 0 Å². The summed E-state index contributed by atoms with van der Waals surface area (Å²) in [5.41, 5.74) is 16.4. The fraction of sp³-hybridized carbons (Fsp3) is 0.333. The van der Waals surface area contributed by atoms with Crippen molar-refractivity contribution in [3.05, 3.63) is 40.5 Å². The second-order valence-corrected chi connectivity index (χ2v) is 8.32. The van der Waals surface area contributed by atoms with Crippen LogP contribution in [0.25, 0.3) is 11.1 Å². The molecule has 1 saturated heterocycles. The normalized spacial score (nSPS) is 14.4. The van der Waals surface area contributed by atoms with Gasteiger partial charge in [0.05, 0.1) is 29.0 Å². The summed E-state index contributed by atoms with van der Waals surface area (Å²) < 4.78 is 1.81. The molecular formula is C21H24N8OS. The second kappa shape index (κ2) is 8.75. The standard InChI is InChI=1S/C21H24N8OS/c1-28-21(29-4-2-13(8-22)3-5-29)16(10-26-28)19-14(9-23)6-15(24)7-17(19)27-20(30)18-11-31-12-25-18/h6-7,10-13H,2-5,8,22,24H2,1H3,(H,27,30). The van der Waals surface area contributed by atoms with Gasteiger partial charge in [-0.3, -0.25) is 9.48 Å². The molecule has 0 atom stereocenters. The van der Waals surface area contributed by atoms with Crippen molar-refractivity contribution >= 4 is 34.4 Å². The second-order valence-electron chi connectivity index (χ2n) is 7.60. The van der Waals surface area contributed by atoms with Crippen molar-refractivity contribution in [3.8, 4) is 17.2 Å². The summed E-state index contributed by atoms with van der Waals surface area (Å²) in [7, 11) is 1.88. The van der Waals surface area contributed by atoms with Gasteiger partial charge in [-0.2, -0.15) is 10.4 Å². The molecule has 0 saturated carbocycles. The molecule has 9 nitrogen and oxygen atoms in total. The third-order valence-corrected chi connectivity index (χ3v) is 6.20. The number of nitrogen functional groups attached to an aromatic ring is 1. The molecule has 1 aliphatic rings. The van der Waals surface area contributed by atoms with Gasteiger partial charge in [-0.1, -0.05) is 0 Å². The lowest BCUT2D eigenvalue weighted by atomic mass is 9.95. The Bertz CT molecular complexity index is 1120. The highest BCUT2D eigenvalue weighted by Gasteiger charge is 2.26. The molecule has 3 heterocycles. The Hall–Kier alpha value is -3.42. The van der Waals surface area contributed by atoms with E-state index in [1.807, 2.05) is 11.7 Å². The lowest BCUT2D eigenvalue weighted by Gasteiger charge is -2.33. The number of rotatable bonds is 5. The molecule has 1 aromatic carbocycles. The smallest absolute Gasteiger partial charge is 0.275 e. The van der Waals surface area contributed by atoms with Crippen LogP contribution in [-0.2, 0) is 7.05 Å². The Morgan fingerprint density at radius 2 is 2.16 bits per heavy atom. The van der Waals surface area contributed by atoms with Gasteiger partial charge in [-0.15, -0.1) is 11.3 Å². The number of anilines is 3. The monoisotopic (exact) mass is 436 g/mol. The van der Waals surface area contributed by atoms with E-state index in [1.165, 1.54) is 11.3 Å². The van der Waals surface area contributed by atoms with E-state index < -0.39 is 0 Å². The number of carbonyl (C=O) groups is 1. The average Bonchev–Trinajstić information content (AvgIpc) is 3.43. The van der Waals surface area contributed by atoms with Crippen LogP contribution >= 0.6 is 11.3 Å². The molecule has 3 aromatic rings. The minimum Gasteiger partial charge on any atom is -0.399 e. The molecule has 31 heavy (non-hydrogen) atoms. The van der Waals surface area contributed by atoms with Gasteiger partial charge in [0, 0.05) is 42.3 Å². The minimum atomic E-state index is -0.355. The number of benzene rings is 1. The summed E-state index contributed by atoms with van der Waals surface area (Å²) in [6.07, 6.45) is 3.73. The highest BCUT2D eigenvalue weighted by Crippen LogP contribution is 2.40. The number of piperidine rings is 1. The summed E-state index contributed by atoms with van der Waals surface area (Å²) >= 11 is 1.34. The fourth-order valence-corrected chi connectivity index (χ4v) is 4.55. The summed E-state index contributed by atoms with van der Waals surface area (Å²) in [6, 6.07) is 5.50. The van der Waals surface area contributed by atoms with Gasteiger partial charge >= 0.3 is 0 Å². The first-order valence-corrected chi connectivity index (χ1v) is 11.0. The number of nitrogens with zero attached hydrogens (tertiary/aromatic N) is 5. The largest absolute Gasteiger partial charge is 0.399 e. The quantitative estimate of drug-likeness (QED) is 0.522. The van der Waals surface area contributed by atoms with Crippen molar-refractivity contribution in [2.24, 2.45) is 18.7 Å². The van der Waals surface area contributed by atoms with Gasteiger partial charge in [-0.05, 0) is 37.4 Å². The molecule has 160 valence electrons. The lowest BCUT2D eigenvalue weighted by molar-refractivity contribution is 0.102. The molecule has 0 bridgehead atoms. The highest BCUT2D eigenvalue weighted by molar-refractivity contribution is 7.07. The number of nitrogens with one attached hydrogen (secondary N) is 1. The molecule has 0 radical (unpaired) electrons. The van der Waals surface area contributed by atoms with Gasteiger partial charge in [-0.25, -0.2) is 4.98 Å². The molecule has 4 rings (SSSR count). The van der Waals surface area contributed by atoms with Gasteiger partial charge in [0.25, 0.3) is 5.91 Å². The topological polar surface area (TPSA) is 139 Å². The van der Waals surface area contributed by atoms with Crippen LogP contribution in [0.2, 0.25) is 0 Å². The molecule has 2 aromatic heterocycles. The molecule has 5 N–H and O–H groups in total. The average molecular weight is 437 g/mol. The Kier molecular flexibility index (Phi) is 5.88. The molecule has 1 fully saturated rings. The zero-order chi connectivity index (χ0) is 22.0. The van der Waals surface area contributed by atoms with Crippen molar-refractivity contribution in [2.45, 2.75) is 12.8 Å². The number of aryl methyl sites for hydroxylation is 1. The first kappa shape index (κ1) is 20.8. The van der Waals surface area contributed by atoms with Gasteiger partial charge < -0.3 is 21.7 Å². The van der Waals surface area contributed by atoms with Crippen molar-refractivity contribution in [1.29, 1.82) is 5.26 Å². The van der Waals surface area contributed by atoms with E-state index in [-0.39, 0.29) is 5.91 Å². The molecule has 0 aliphatic carbocycles. The maximum absolute atomic E-state index is 12.7. The van der Waals surface area contributed by atoms with Crippen molar-refractivity contribution in [3.63, 3.8) is 0 Å². The Morgan fingerprint density at radius 1 is 1.39 bits per heavy atom. The minimum absolute atomic E-state index is 0.312. The van der Waals surface area contributed by atoms with E-state index in [4.69, 9.17) is 11.5 Å². The maximum Gasteiger partial charge on any atom is 0.275 e. The van der Waals surface area contributed by atoms with Crippen LogP contribution in [0.3, 0.4) is 0 Å². The van der Waals surface area contributed by atoms with E-state index in [9.17, 15) is 10.1 Å². The molecule has 0 unspecified atom stereocenters. The molecule has 10 heteroatoms. The molecule has 1 aliphatic heterocycles. The van der Waals surface area contributed by atoms with Crippen molar-refractivity contribution in [2.75, 3.05) is 35.6 Å². The zero-order valence-electron chi connectivity index (χ0n) is 17.2. The number of amides is 1. The van der Waals surface area contributed by atoms with Crippen LogP contribution < -0.4 is 21.7 Å². The fourth-order valence-electron chi connectivity index (χ4n) is 4.02. The Morgan fingerprint density at radius 3 is 2.81 bits per heavy atom. The van der Waals surface area contributed by atoms with E-state index in [1.54, 1.807) is 29.2 Å². The zero-order valence-corrected chi connectivity index (χ0v) is 18.0. The molecule has 0 spiro atoms. The maximum atomic E-state index is 12.7. The predicted octanol–water partition coefficient (Wildman–Crippen LogP) is 2.42. The van der Waals surface area contributed by atoms with Crippen molar-refractivity contribution in [1.82, 2.24) is 14.8 Å². The summed E-state index contributed by atoms with van der Waals surface area (Å²) in [4.78, 5) is 19.0. The number of nitrogens with two attached hydrogens (primary N) is 2. The van der Waals surface area contributed by atoms with Crippen LogP contribution in [0.4, 0.5) is 17.2 Å². The number of thiazole rings is 1. The van der Waals surface area contributed by atoms with Gasteiger partial charge in [0.1, 0.15) is 11.5 Å². The van der Waals surface area contributed by atoms with E-state index in [0.29, 0.717) is 40.7 Å². The van der Waals surface area contributed by atoms with E-state index >= 15 is 0 Å². The predicted molar refractivity (Wildman–Crippen MR) is 122 cm³/mol. The third-order valence-electron chi connectivity index (χ3n) is 5.62. The number of aromatic nitrogens is 3. The van der Waals surface area contributed by atoms with Crippen LogP contribution in [0.15, 0.2) is 29.2 Å². The van der Waals surface area contributed by atoms with E-state index in [2.05, 4.69) is 26.4 Å². The van der Waals surface area contributed by atoms with Crippen LogP contribution in [0.1, 0.15) is 28.9 Å². The number of hydrogen-bond donors (Lipinski definition) is 3. The van der Waals surface area contributed by atoms with Gasteiger partial charge in [0.15, 0.2) is 0 Å². The lowest BCUT2D eigenvalue weighted by Crippen LogP contribution is -2.37. The number of nitriles is 1. The summed E-state index contributed by atoms with van der Waals surface area (Å²) in [6.45, 7) is 2.40. The Labute approximate surface area is 184 Å². The first-order valence-electron chi connectivity index (χ1n) is 10.0. The van der Waals surface area contributed by atoms with E-state index in [0.717, 1.165) is 37.3 Å². The highest BCUT2D eigenvalue weighted by atomic mass is 32.1. The van der Waals surface area contributed by atoms with Crippen LogP contribution in [0.5, 0.6) is 0 Å². The third kappa shape index (κ3) is 4.10. The molecule has 1 amide bonds. The number of carbonyl (C=O) groups excluding carboxylic acids is 1. The van der Waals surface area contributed by atoms with Crippen LogP contribution in [-0.4, -0.2) is 40.3 Å². The Balaban J connectivity index is 1.78. The summed E-state index contributed by atoms with van der Waals surface area (Å²) in [5.74, 6) is 1.07.